The molecule has 0 fully saturated rings. The molecule has 0 aliphatic carbocycles. The van der Waals surface area contributed by atoms with E-state index in [9.17, 15) is 9.59 Å². The van der Waals surface area contributed by atoms with Gasteiger partial charge in [0.05, 0.1) is 0 Å². The molecule has 0 aromatic heterocycles. The predicted molar refractivity (Wildman–Crippen MR) is 83.8 cm³/mol. The van der Waals surface area contributed by atoms with E-state index in [2.05, 4.69) is 21.2 Å². The van der Waals surface area contributed by atoms with Gasteiger partial charge in [-0.1, -0.05) is 22.0 Å². The summed E-state index contributed by atoms with van der Waals surface area (Å²) in [5.41, 5.74) is 1.55. The third-order valence-electron chi connectivity index (χ3n) is 3.18. The van der Waals surface area contributed by atoms with Gasteiger partial charge in [-0.25, -0.2) is 0 Å². The molecule has 0 aliphatic heterocycles. The number of carbonyl (C=O) groups is 2. The molecule has 1 aromatic rings. The molecular weight excluding hydrogens is 320 g/mol. The van der Waals surface area contributed by atoms with Crippen molar-refractivity contribution in [3.63, 3.8) is 0 Å². The Balaban J connectivity index is 2.52. The minimum Gasteiger partial charge on any atom is -0.352 e. The number of aryl methyl sites for hydroxylation is 1. The number of benzene rings is 1. The first-order chi connectivity index (χ1) is 9.49. The van der Waals surface area contributed by atoms with Crippen LogP contribution in [0.5, 0.6) is 0 Å². The molecule has 0 radical (unpaired) electrons. The fraction of sp³-hybridized carbons (Fsp3) is 0.467. The van der Waals surface area contributed by atoms with Gasteiger partial charge in [-0.2, -0.15) is 0 Å². The summed E-state index contributed by atoms with van der Waals surface area (Å²) in [6.45, 7) is 7.56. The fourth-order valence-corrected chi connectivity index (χ4v) is 2.31. The largest absolute Gasteiger partial charge is 0.352 e. The zero-order valence-corrected chi connectivity index (χ0v) is 13.8. The van der Waals surface area contributed by atoms with E-state index in [-0.39, 0.29) is 11.8 Å². The van der Waals surface area contributed by atoms with Crippen molar-refractivity contribution < 1.29 is 9.59 Å². The van der Waals surface area contributed by atoms with Gasteiger partial charge >= 0.3 is 0 Å². The number of hydrogen-bond acceptors (Lipinski definition) is 2. The lowest BCUT2D eigenvalue weighted by atomic mass is 10.1. The number of amides is 2. The van der Waals surface area contributed by atoms with Gasteiger partial charge in [0.25, 0.3) is 5.91 Å². The first-order valence-corrected chi connectivity index (χ1v) is 7.61. The fourth-order valence-electron chi connectivity index (χ4n) is 1.95. The Morgan fingerprint density at radius 1 is 1.25 bits per heavy atom. The van der Waals surface area contributed by atoms with Crippen LogP contribution in [-0.4, -0.2) is 36.3 Å². The SMILES string of the molecule is CCN(CC)C(=O)CCNC(=O)c1cc(Br)ccc1C. The lowest BCUT2D eigenvalue weighted by molar-refractivity contribution is -0.130. The number of halogens is 1. The van der Waals surface area contributed by atoms with E-state index in [1.54, 1.807) is 11.0 Å². The second-order valence-corrected chi connectivity index (χ2v) is 5.45. The van der Waals surface area contributed by atoms with Gasteiger partial charge < -0.3 is 10.2 Å². The molecule has 0 aliphatic rings. The van der Waals surface area contributed by atoms with Crippen LogP contribution in [0.15, 0.2) is 22.7 Å². The van der Waals surface area contributed by atoms with Crippen LogP contribution in [0.2, 0.25) is 0 Å². The first kappa shape index (κ1) is 16.7. The van der Waals surface area contributed by atoms with Gasteiger partial charge in [-0.05, 0) is 38.5 Å². The van der Waals surface area contributed by atoms with Gasteiger partial charge in [-0.15, -0.1) is 0 Å². The standard InChI is InChI=1S/C15H21BrN2O2/c1-4-18(5-2)14(19)8-9-17-15(20)13-10-12(16)7-6-11(13)3/h6-7,10H,4-5,8-9H2,1-3H3,(H,17,20). The van der Waals surface area contributed by atoms with E-state index in [0.29, 0.717) is 31.6 Å². The Hall–Kier alpha value is -1.36. The van der Waals surface area contributed by atoms with Gasteiger partial charge in [0, 0.05) is 36.1 Å². The maximum atomic E-state index is 12.1. The number of nitrogens with zero attached hydrogens (tertiary/aromatic N) is 1. The third kappa shape index (κ3) is 4.63. The first-order valence-electron chi connectivity index (χ1n) is 6.81. The normalized spacial score (nSPS) is 10.2. The molecule has 0 bridgehead atoms. The van der Waals surface area contributed by atoms with Crippen LogP contribution in [0.3, 0.4) is 0 Å². The average molecular weight is 341 g/mol. The summed E-state index contributed by atoms with van der Waals surface area (Å²) in [6, 6.07) is 5.58. The summed E-state index contributed by atoms with van der Waals surface area (Å²) >= 11 is 3.35. The smallest absolute Gasteiger partial charge is 0.251 e. The lowest BCUT2D eigenvalue weighted by Crippen LogP contribution is -2.34. The molecule has 0 saturated carbocycles. The summed E-state index contributed by atoms with van der Waals surface area (Å²) in [5.74, 6) is -0.0718. The van der Waals surface area contributed by atoms with Crippen molar-refractivity contribution >= 4 is 27.7 Å². The molecule has 1 aromatic carbocycles. The van der Waals surface area contributed by atoms with Crippen LogP contribution in [-0.2, 0) is 4.79 Å². The summed E-state index contributed by atoms with van der Waals surface area (Å²) in [7, 11) is 0. The van der Waals surface area contributed by atoms with Crippen LogP contribution >= 0.6 is 15.9 Å². The molecule has 110 valence electrons. The van der Waals surface area contributed by atoms with Gasteiger partial charge in [0.2, 0.25) is 5.91 Å². The minimum atomic E-state index is -0.142. The van der Waals surface area contributed by atoms with Crippen LogP contribution in [0.25, 0.3) is 0 Å². The van der Waals surface area contributed by atoms with Crippen LogP contribution < -0.4 is 5.32 Å². The summed E-state index contributed by atoms with van der Waals surface area (Å²) in [5, 5.41) is 2.79. The molecule has 0 unspecified atom stereocenters. The maximum Gasteiger partial charge on any atom is 0.251 e. The van der Waals surface area contributed by atoms with Crippen molar-refractivity contribution in [2.45, 2.75) is 27.2 Å². The van der Waals surface area contributed by atoms with E-state index >= 15 is 0 Å². The van der Waals surface area contributed by atoms with E-state index in [1.807, 2.05) is 32.9 Å². The molecule has 0 atom stereocenters. The number of carbonyl (C=O) groups excluding carboxylic acids is 2. The van der Waals surface area contributed by atoms with Gasteiger partial charge in [0.15, 0.2) is 0 Å². The van der Waals surface area contributed by atoms with Crippen LogP contribution in [0, 0.1) is 6.92 Å². The lowest BCUT2D eigenvalue weighted by Gasteiger charge is -2.18. The number of nitrogens with one attached hydrogen (secondary N) is 1. The topological polar surface area (TPSA) is 49.4 Å². The van der Waals surface area contributed by atoms with Crippen molar-refractivity contribution in [3.05, 3.63) is 33.8 Å². The van der Waals surface area contributed by atoms with Crippen LogP contribution in [0.4, 0.5) is 0 Å². The molecule has 4 nitrogen and oxygen atoms in total. The molecular formula is C15H21BrN2O2. The molecule has 5 heteroatoms. The minimum absolute atomic E-state index is 0.0706. The third-order valence-corrected chi connectivity index (χ3v) is 3.68. The van der Waals surface area contributed by atoms with Crippen molar-refractivity contribution in [3.8, 4) is 0 Å². The molecule has 0 heterocycles. The zero-order chi connectivity index (χ0) is 15.1. The van der Waals surface area contributed by atoms with E-state index in [4.69, 9.17) is 0 Å². The Morgan fingerprint density at radius 2 is 1.90 bits per heavy atom. The second-order valence-electron chi connectivity index (χ2n) is 4.53. The highest BCUT2D eigenvalue weighted by molar-refractivity contribution is 9.10. The summed E-state index contributed by atoms with van der Waals surface area (Å²) in [4.78, 5) is 25.6. The van der Waals surface area contributed by atoms with E-state index in [1.165, 1.54) is 0 Å². The number of rotatable bonds is 6. The van der Waals surface area contributed by atoms with Gasteiger partial charge in [0.1, 0.15) is 0 Å². The Labute approximate surface area is 128 Å². The zero-order valence-electron chi connectivity index (χ0n) is 12.2. The molecule has 0 saturated heterocycles. The van der Waals surface area contributed by atoms with E-state index in [0.717, 1.165) is 10.0 Å². The molecule has 0 spiro atoms. The second kappa shape index (κ2) is 8.04. The highest BCUT2D eigenvalue weighted by Gasteiger charge is 2.12. The summed E-state index contributed by atoms with van der Waals surface area (Å²) < 4.78 is 0.868. The van der Waals surface area contributed by atoms with Crippen molar-refractivity contribution in [1.29, 1.82) is 0 Å². The van der Waals surface area contributed by atoms with Gasteiger partial charge in [-0.3, -0.25) is 9.59 Å². The Kier molecular flexibility index (Phi) is 6.71. The number of hydrogen-bond donors (Lipinski definition) is 1. The molecule has 1 rings (SSSR count). The highest BCUT2D eigenvalue weighted by Crippen LogP contribution is 2.15. The Morgan fingerprint density at radius 3 is 2.50 bits per heavy atom. The average Bonchev–Trinajstić information content (AvgIpc) is 2.42. The van der Waals surface area contributed by atoms with Crippen molar-refractivity contribution in [2.75, 3.05) is 19.6 Å². The monoisotopic (exact) mass is 340 g/mol. The highest BCUT2D eigenvalue weighted by atomic mass is 79.9. The molecule has 2 amide bonds. The summed E-state index contributed by atoms with van der Waals surface area (Å²) in [6.07, 6.45) is 0.334. The predicted octanol–water partition coefficient (Wildman–Crippen LogP) is 2.75. The van der Waals surface area contributed by atoms with Crippen molar-refractivity contribution in [1.82, 2.24) is 10.2 Å². The van der Waals surface area contributed by atoms with Crippen molar-refractivity contribution in [2.24, 2.45) is 0 Å². The maximum absolute atomic E-state index is 12.1. The molecule has 20 heavy (non-hydrogen) atoms. The quantitative estimate of drug-likeness (QED) is 0.865. The van der Waals surface area contributed by atoms with Crippen LogP contribution in [0.1, 0.15) is 36.2 Å². The van der Waals surface area contributed by atoms with E-state index < -0.39 is 0 Å². The Bertz CT molecular complexity index is 485. The molecule has 1 N–H and O–H groups in total.